The van der Waals surface area contributed by atoms with E-state index in [1.807, 2.05) is 20.8 Å². The highest BCUT2D eigenvalue weighted by Gasteiger charge is 2.21. The first-order chi connectivity index (χ1) is 15.6. The van der Waals surface area contributed by atoms with Crippen LogP contribution in [0.2, 0.25) is 0 Å². The maximum absolute atomic E-state index is 12.5. The molecule has 0 aliphatic carbocycles. The Morgan fingerprint density at radius 3 is 2.38 bits per heavy atom. The lowest BCUT2D eigenvalue weighted by molar-refractivity contribution is -0.118. The lowest BCUT2D eigenvalue weighted by atomic mass is 9.94. The van der Waals surface area contributed by atoms with Crippen molar-refractivity contribution in [3.05, 3.63) is 53.1 Å². The molecule has 3 N–H and O–H groups in total. The number of methoxy groups -OCH3 is 1. The lowest BCUT2D eigenvalue weighted by Crippen LogP contribution is -2.24. The van der Waals surface area contributed by atoms with Gasteiger partial charge in [-0.15, -0.1) is 0 Å². The van der Waals surface area contributed by atoms with E-state index in [0.29, 0.717) is 24.2 Å². The van der Waals surface area contributed by atoms with Gasteiger partial charge in [0.1, 0.15) is 11.5 Å². The third-order valence-electron chi connectivity index (χ3n) is 5.40. The first kappa shape index (κ1) is 29.3. The zero-order valence-corrected chi connectivity index (χ0v) is 21.5. The zero-order valence-electron chi connectivity index (χ0n) is 21.5. The number of carbonyl (C=O) groups excluding carboxylic acids is 2. The number of allylic oxidation sites excluding steroid dienone is 3. The van der Waals surface area contributed by atoms with Crippen LogP contribution in [0.3, 0.4) is 0 Å². The number of aliphatic hydroxyl groups is 2. The van der Waals surface area contributed by atoms with Crippen molar-refractivity contribution < 1.29 is 29.6 Å². The molecule has 0 heterocycles. The maximum Gasteiger partial charge on any atom is 0.158 e. The number of benzene rings is 1. The van der Waals surface area contributed by atoms with Crippen molar-refractivity contribution in [2.75, 3.05) is 7.11 Å². The summed E-state index contributed by atoms with van der Waals surface area (Å²) >= 11 is 0. The molecule has 1 rings (SSSR count). The normalized spacial score (nSPS) is 15.5. The van der Waals surface area contributed by atoms with Gasteiger partial charge in [0.2, 0.25) is 0 Å². The van der Waals surface area contributed by atoms with E-state index < -0.39 is 11.2 Å². The van der Waals surface area contributed by atoms with E-state index in [9.17, 15) is 24.9 Å². The molecule has 0 aromatic heterocycles. The fraction of sp³-hybridized carbons (Fsp3) is 0.500. The summed E-state index contributed by atoms with van der Waals surface area (Å²) in [5.41, 5.74) is -0.117. The van der Waals surface area contributed by atoms with Crippen LogP contribution in [0.4, 0.5) is 0 Å². The molecule has 0 amide bonds. The molecule has 1 aromatic carbocycles. The number of ketones is 2. The van der Waals surface area contributed by atoms with Gasteiger partial charge in [-0.1, -0.05) is 30.7 Å². The third-order valence-corrected chi connectivity index (χ3v) is 5.40. The molecular weight excluding hydrogens is 432 g/mol. The standard InChI is InChI=1S/C28H40O6/c1-19(9-8-10-20(2)25(31)12-13-27(4,5)32)15-24(30)18-28(6,33)14-11-22-17-23(29)16-21(3)26(22)34-7/h11-17,20,29,32-33H,8-10,18H2,1-7H3/b13-12+,14-11+,19-15-/t20-,28+/m0/s1. The fourth-order valence-corrected chi connectivity index (χ4v) is 3.54. The van der Waals surface area contributed by atoms with Gasteiger partial charge in [-0.3, -0.25) is 9.59 Å². The second kappa shape index (κ2) is 12.7. The first-order valence-corrected chi connectivity index (χ1v) is 11.6. The van der Waals surface area contributed by atoms with Crippen LogP contribution >= 0.6 is 0 Å². The van der Waals surface area contributed by atoms with Crippen LogP contribution in [-0.4, -0.2) is 45.2 Å². The van der Waals surface area contributed by atoms with Crippen molar-refractivity contribution in [2.24, 2.45) is 5.92 Å². The lowest BCUT2D eigenvalue weighted by Gasteiger charge is -2.18. The Bertz CT molecular complexity index is 944. The Morgan fingerprint density at radius 1 is 1.15 bits per heavy atom. The summed E-state index contributed by atoms with van der Waals surface area (Å²) < 4.78 is 5.37. The molecule has 6 heteroatoms. The third kappa shape index (κ3) is 10.9. The quantitative estimate of drug-likeness (QED) is 0.346. The average molecular weight is 473 g/mol. The minimum absolute atomic E-state index is 0.0266. The molecule has 0 aliphatic heterocycles. The topological polar surface area (TPSA) is 104 Å². The molecule has 0 bridgehead atoms. The van der Waals surface area contributed by atoms with E-state index in [-0.39, 0.29) is 29.7 Å². The highest BCUT2D eigenvalue weighted by Crippen LogP contribution is 2.30. The van der Waals surface area contributed by atoms with Crippen LogP contribution in [-0.2, 0) is 9.59 Å². The number of carbonyl (C=O) groups is 2. The second-order valence-corrected chi connectivity index (χ2v) is 9.89. The van der Waals surface area contributed by atoms with Crippen LogP contribution in [0.5, 0.6) is 11.5 Å². The average Bonchev–Trinajstić information content (AvgIpc) is 2.68. The van der Waals surface area contributed by atoms with Gasteiger partial charge in [0.25, 0.3) is 0 Å². The van der Waals surface area contributed by atoms with Crippen molar-refractivity contribution in [3.63, 3.8) is 0 Å². The smallest absolute Gasteiger partial charge is 0.158 e. The summed E-state index contributed by atoms with van der Waals surface area (Å²) in [4.78, 5) is 24.6. The number of aryl methyl sites for hydroxylation is 1. The number of ether oxygens (including phenoxy) is 1. The van der Waals surface area contributed by atoms with Gasteiger partial charge >= 0.3 is 0 Å². The predicted octanol–water partition coefficient (Wildman–Crippen LogP) is 5.08. The van der Waals surface area contributed by atoms with Gasteiger partial charge in [0.15, 0.2) is 11.6 Å². The van der Waals surface area contributed by atoms with Gasteiger partial charge < -0.3 is 20.1 Å². The number of phenolic OH excluding ortho intramolecular Hbond substituents is 1. The molecule has 0 radical (unpaired) electrons. The Balaban J connectivity index is 2.65. The van der Waals surface area contributed by atoms with Crippen LogP contribution in [0.25, 0.3) is 6.08 Å². The summed E-state index contributed by atoms with van der Waals surface area (Å²) in [6, 6.07) is 3.13. The van der Waals surface area contributed by atoms with Crippen molar-refractivity contribution >= 4 is 17.6 Å². The van der Waals surface area contributed by atoms with Gasteiger partial charge in [0.05, 0.1) is 18.3 Å². The maximum atomic E-state index is 12.5. The van der Waals surface area contributed by atoms with E-state index in [0.717, 1.165) is 17.6 Å². The number of aromatic hydroxyl groups is 1. The van der Waals surface area contributed by atoms with Crippen LogP contribution < -0.4 is 4.74 Å². The SMILES string of the molecule is COc1c(C)cc(O)cc1/C=C/[C@@](C)(O)CC(=O)/C=C(/C)CCC[C@H](C)C(=O)/C=C/C(C)(C)O. The minimum Gasteiger partial charge on any atom is -0.508 e. The fourth-order valence-electron chi connectivity index (χ4n) is 3.54. The molecule has 0 unspecified atom stereocenters. The molecule has 6 nitrogen and oxygen atoms in total. The Hall–Kier alpha value is -2.70. The molecule has 0 spiro atoms. The van der Waals surface area contributed by atoms with Crippen LogP contribution in [0, 0.1) is 12.8 Å². The molecule has 0 aliphatic rings. The predicted molar refractivity (Wildman–Crippen MR) is 136 cm³/mol. The zero-order chi connectivity index (χ0) is 26.1. The van der Waals surface area contributed by atoms with Gasteiger partial charge in [-0.05, 0) is 83.7 Å². The Kier molecular flexibility index (Phi) is 10.9. The molecule has 1 aromatic rings. The molecule has 0 fully saturated rings. The minimum atomic E-state index is -1.37. The highest BCUT2D eigenvalue weighted by molar-refractivity contribution is 5.92. The van der Waals surface area contributed by atoms with Crippen molar-refractivity contribution in [1.82, 2.24) is 0 Å². The number of phenols is 1. The molecular formula is C28H40O6. The van der Waals surface area contributed by atoms with E-state index in [1.54, 1.807) is 39.0 Å². The monoisotopic (exact) mass is 472 g/mol. The molecule has 34 heavy (non-hydrogen) atoms. The van der Waals surface area contributed by atoms with Crippen molar-refractivity contribution in [3.8, 4) is 11.5 Å². The molecule has 0 saturated carbocycles. The molecule has 2 atom stereocenters. The van der Waals surface area contributed by atoms with E-state index in [2.05, 4.69) is 0 Å². The van der Waals surface area contributed by atoms with Crippen LogP contribution in [0.1, 0.15) is 71.4 Å². The number of hydrogen-bond acceptors (Lipinski definition) is 6. The van der Waals surface area contributed by atoms with Crippen LogP contribution in [0.15, 0.2) is 42.0 Å². The van der Waals surface area contributed by atoms with E-state index in [4.69, 9.17) is 4.74 Å². The van der Waals surface area contributed by atoms with Gasteiger partial charge in [0, 0.05) is 17.9 Å². The second-order valence-electron chi connectivity index (χ2n) is 9.89. The summed E-state index contributed by atoms with van der Waals surface area (Å²) in [5.74, 6) is 0.308. The Labute approximate surface area is 203 Å². The van der Waals surface area contributed by atoms with Crippen molar-refractivity contribution in [1.29, 1.82) is 0 Å². The summed E-state index contributed by atoms with van der Waals surface area (Å²) in [6.07, 6.45) is 9.66. The van der Waals surface area contributed by atoms with Gasteiger partial charge in [-0.2, -0.15) is 0 Å². The molecule has 188 valence electrons. The van der Waals surface area contributed by atoms with E-state index in [1.165, 1.54) is 31.4 Å². The van der Waals surface area contributed by atoms with Crippen molar-refractivity contribution in [2.45, 2.75) is 78.4 Å². The Morgan fingerprint density at radius 2 is 1.79 bits per heavy atom. The summed E-state index contributed by atoms with van der Waals surface area (Å²) in [7, 11) is 1.54. The van der Waals surface area contributed by atoms with Gasteiger partial charge in [-0.25, -0.2) is 0 Å². The number of rotatable bonds is 13. The largest absolute Gasteiger partial charge is 0.508 e. The number of hydrogen-bond donors (Lipinski definition) is 3. The first-order valence-electron chi connectivity index (χ1n) is 11.6. The van der Waals surface area contributed by atoms with E-state index >= 15 is 0 Å². The molecule has 0 saturated heterocycles. The summed E-state index contributed by atoms with van der Waals surface area (Å²) in [5, 5.41) is 30.2. The highest BCUT2D eigenvalue weighted by atomic mass is 16.5. The summed E-state index contributed by atoms with van der Waals surface area (Å²) in [6.45, 7) is 10.3.